The smallest absolute Gasteiger partial charge is 0.247 e. The average molecular weight is 1090 g/mol. The van der Waals surface area contributed by atoms with Crippen LogP contribution in [0.15, 0.2) is 97.3 Å². The first-order chi connectivity index (χ1) is 36.9. The van der Waals surface area contributed by atoms with Crippen LogP contribution < -0.4 is 15.4 Å². The van der Waals surface area contributed by atoms with Crippen LogP contribution >= 0.6 is 23.2 Å². The lowest BCUT2D eigenvalue weighted by atomic mass is 9.87. The summed E-state index contributed by atoms with van der Waals surface area (Å²) in [6, 6.07) is 21.6. The van der Waals surface area contributed by atoms with E-state index < -0.39 is 47.8 Å². The van der Waals surface area contributed by atoms with Crippen LogP contribution in [0.4, 0.5) is 0 Å². The second-order valence-electron chi connectivity index (χ2n) is 20.9. The highest BCUT2D eigenvalue weighted by Gasteiger charge is 2.40. The Balaban J connectivity index is 1.31. The van der Waals surface area contributed by atoms with Crippen LogP contribution in [0.25, 0.3) is 11.3 Å². The summed E-state index contributed by atoms with van der Waals surface area (Å²) in [7, 11) is 14.5. The number of pyridine rings is 1. The molecule has 2 aliphatic rings. The third kappa shape index (κ3) is 15.7. The van der Waals surface area contributed by atoms with Gasteiger partial charge in [-0.3, -0.25) is 29.0 Å². The van der Waals surface area contributed by atoms with Gasteiger partial charge >= 0.3 is 0 Å². The predicted octanol–water partition coefficient (Wildman–Crippen LogP) is 7.03. The maximum absolute atomic E-state index is 15.6. The molecule has 17 nitrogen and oxygen atoms in total. The Labute approximate surface area is 463 Å². The zero-order chi connectivity index (χ0) is 55.3. The lowest BCUT2D eigenvalue weighted by Gasteiger charge is -2.40. The van der Waals surface area contributed by atoms with Gasteiger partial charge in [-0.2, -0.15) is 0 Å². The zero-order valence-corrected chi connectivity index (χ0v) is 47.1. The molecule has 77 heavy (non-hydrogen) atoms. The number of hydrogen-bond acceptors (Lipinski definition) is 11. The standard InChI is InChI=1S/C58H74Cl2N10O7/c1-65(2)28-26-50-56(73)64-48(37-76-8)58(75)67(5)45(29-38-16-21-42(59)22-17-38)33-54(71)63-47-14-9-10-15-49(47)69(7)57(74)41(30-44-13-11-12-27-61-44)31-55(72)70(50)35-40-18-23-43(60)32-52(40)77-46-24-19-39(20-25-46)51-34-62-53(68(51)6)36-66(3)4/h11-13,16-25,27,32,34,41,45,47-50H,9-10,14-15,26,28-31,33,35-37H2,1-8H3,(H,63,71)(H,64,73)/t41-,45+,47+,48+,49+,50+/m1/s1. The van der Waals surface area contributed by atoms with Gasteiger partial charge in [0, 0.05) is 92.7 Å². The molecule has 2 N–H and O–H groups in total. The van der Waals surface area contributed by atoms with Crippen molar-refractivity contribution in [3.8, 4) is 22.8 Å². The Morgan fingerprint density at radius 3 is 2.18 bits per heavy atom. The van der Waals surface area contributed by atoms with Gasteiger partial charge in [0.15, 0.2) is 0 Å². The second-order valence-corrected chi connectivity index (χ2v) is 21.8. The van der Waals surface area contributed by atoms with Gasteiger partial charge in [0.25, 0.3) is 0 Å². The number of rotatable bonds is 16. The van der Waals surface area contributed by atoms with E-state index in [1.807, 2.05) is 94.9 Å². The summed E-state index contributed by atoms with van der Waals surface area (Å²) in [5.41, 5.74) is 3.87. The van der Waals surface area contributed by atoms with E-state index >= 15 is 14.4 Å². The number of nitrogens with one attached hydrogen (secondary N) is 2. The molecule has 1 saturated carbocycles. The van der Waals surface area contributed by atoms with Crippen LogP contribution in [0.3, 0.4) is 0 Å². The number of methoxy groups -OCH3 is 1. The number of imidazole rings is 1. The fourth-order valence-electron chi connectivity index (χ4n) is 10.4. The molecule has 5 amide bonds. The highest BCUT2D eigenvalue weighted by molar-refractivity contribution is 6.31. The maximum Gasteiger partial charge on any atom is 0.247 e. The number of carbonyl (C=O) groups is 5. The summed E-state index contributed by atoms with van der Waals surface area (Å²) in [5.74, 6) is -1.28. The molecule has 0 radical (unpaired) electrons. The van der Waals surface area contributed by atoms with Gasteiger partial charge in [-0.25, -0.2) is 4.98 Å². The fraction of sp³-hybridized carbons (Fsp3) is 0.466. The lowest BCUT2D eigenvalue weighted by Crippen LogP contribution is -2.59. The van der Waals surface area contributed by atoms with Gasteiger partial charge in [-0.1, -0.05) is 60.3 Å². The van der Waals surface area contributed by atoms with Gasteiger partial charge in [0.05, 0.1) is 43.5 Å². The Bertz CT molecular complexity index is 2800. The van der Waals surface area contributed by atoms with Gasteiger partial charge in [-0.05, 0) is 127 Å². The first kappa shape index (κ1) is 58.3. The van der Waals surface area contributed by atoms with Crippen molar-refractivity contribution in [3.63, 3.8) is 0 Å². The number of carbonyl (C=O) groups excluding carboxylic acids is 5. The number of ether oxygens (including phenoxy) is 2. The molecule has 6 atom stereocenters. The van der Waals surface area contributed by atoms with Crippen molar-refractivity contribution in [2.24, 2.45) is 13.0 Å². The van der Waals surface area contributed by atoms with Gasteiger partial charge in [-0.15, -0.1) is 0 Å². The number of halogens is 2. The summed E-state index contributed by atoms with van der Waals surface area (Å²) in [5, 5.41) is 7.17. The van der Waals surface area contributed by atoms with E-state index in [2.05, 4.69) is 30.1 Å². The molecule has 19 heteroatoms. The Morgan fingerprint density at radius 1 is 0.766 bits per heavy atom. The highest BCUT2D eigenvalue weighted by atomic mass is 35.5. The summed E-state index contributed by atoms with van der Waals surface area (Å²) in [6.07, 6.45) is 6.67. The summed E-state index contributed by atoms with van der Waals surface area (Å²) in [4.78, 5) is 93.2. The van der Waals surface area contributed by atoms with Crippen LogP contribution in [0.2, 0.25) is 10.0 Å². The second kappa shape index (κ2) is 27.3. The van der Waals surface area contributed by atoms with Crippen molar-refractivity contribution >= 4 is 52.7 Å². The summed E-state index contributed by atoms with van der Waals surface area (Å²) >= 11 is 13.0. The minimum Gasteiger partial charge on any atom is -0.457 e. The van der Waals surface area contributed by atoms with E-state index in [9.17, 15) is 9.59 Å². The van der Waals surface area contributed by atoms with Crippen molar-refractivity contribution in [1.29, 1.82) is 0 Å². The van der Waals surface area contributed by atoms with E-state index in [0.717, 1.165) is 35.5 Å². The van der Waals surface area contributed by atoms with Gasteiger partial charge in [0.2, 0.25) is 29.5 Å². The molecule has 0 unspecified atom stereocenters. The molecule has 7 rings (SSSR count). The van der Waals surface area contributed by atoms with E-state index in [1.165, 1.54) is 16.9 Å². The predicted molar refractivity (Wildman–Crippen MR) is 298 cm³/mol. The SMILES string of the molecule is COC[C@@H]1NC(=O)[C@H](CCN(C)C)N(Cc2ccc(Cl)cc2Oc2ccc(-c3cnc(CN(C)C)n3C)cc2)C(=O)C[C@@H](Cc2ccccn2)C(=O)N(C)[C@H]2CCCC[C@@H]2NC(=O)C[C@H](Cc2ccc(Cl)cc2)N(C)C1=O. The van der Waals surface area contributed by atoms with Crippen molar-refractivity contribution in [1.82, 2.24) is 49.7 Å². The number of likely N-dealkylation sites (N-methyl/N-ethyl adjacent to an activating group) is 2. The minimum atomic E-state index is -1.22. The first-order valence-corrected chi connectivity index (χ1v) is 27.1. The maximum atomic E-state index is 15.6. The lowest BCUT2D eigenvalue weighted by molar-refractivity contribution is -0.148. The molecule has 2 fully saturated rings. The van der Waals surface area contributed by atoms with Crippen LogP contribution in [0.1, 0.15) is 67.6 Å². The van der Waals surface area contributed by atoms with E-state index in [4.69, 9.17) is 32.7 Å². The molecular weight excluding hydrogens is 1020 g/mol. The largest absolute Gasteiger partial charge is 0.457 e. The Kier molecular flexibility index (Phi) is 20.7. The van der Waals surface area contributed by atoms with E-state index in [-0.39, 0.29) is 56.7 Å². The third-order valence-electron chi connectivity index (χ3n) is 14.7. The number of nitrogens with zero attached hydrogens (tertiary/aromatic N) is 8. The Morgan fingerprint density at radius 2 is 1.49 bits per heavy atom. The number of benzene rings is 3. The van der Waals surface area contributed by atoms with Crippen LogP contribution in [-0.4, -0.2) is 161 Å². The molecule has 1 saturated heterocycles. The number of aromatic nitrogens is 3. The molecule has 5 aromatic rings. The molecule has 412 valence electrons. The van der Waals surface area contributed by atoms with Crippen molar-refractivity contribution < 1.29 is 33.4 Å². The quantitative estimate of drug-likeness (QED) is 0.104. The minimum absolute atomic E-state index is 0.0621. The first-order valence-electron chi connectivity index (χ1n) is 26.3. The Hall–Kier alpha value is -6.37. The number of hydrogen-bond donors (Lipinski definition) is 2. The molecule has 3 heterocycles. The molecule has 3 aromatic carbocycles. The molecule has 1 aliphatic carbocycles. The van der Waals surface area contributed by atoms with Crippen molar-refractivity contribution in [2.75, 3.05) is 62.5 Å². The van der Waals surface area contributed by atoms with E-state index in [0.29, 0.717) is 65.2 Å². The van der Waals surface area contributed by atoms with Crippen LogP contribution in [-0.2, 0) is 61.7 Å². The van der Waals surface area contributed by atoms with Gasteiger partial charge < -0.3 is 49.2 Å². The number of amides is 5. The molecule has 0 spiro atoms. The fourth-order valence-corrected chi connectivity index (χ4v) is 10.7. The highest BCUT2D eigenvalue weighted by Crippen LogP contribution is 2.33. The molecule has 0 bridgehead atoms. The summed E-state index contributed by atoms with van der Waals surface area (Å²) in [6.45, 7) is 0.712. The average Bonchev–Trinajstić information content (AvgIpc) is 3.76. The third-order valence-corrected chi connectivity index (χ3v) is 15.1. The van der Waals surface area contributed by atoms with Crippen molar-refractivity contribution in [3.05, 3.63) is 130 Å². The van der Waals surface area contributed by atoms with Crippen molar-refractivity contribution in [2.45, 2.75) is 101 Å². The topological polar surface area (TPSA) is 175 Å². The summed E-state index contributed by atoms with van der Waals surface area (Å²) < 4.78 is 14.3. The molecule has 2 aromatic heterocycles. The molecule has 1 aliphatic heterocycles. The van der Waals surface area contributed by atoms with Crippen LogP contribution in [0, 0.1) is 5.92 Å². The zero-order valence-electron chi connectivity index (χ0n) is 45.6. The normalized spacial score (nSPS) is 21.5. The van der Waals surface area contributed by atoms with Gasteiger partial charge in [0.1, 0.15) is 29.4 Å². The number of fused-ring (bicyclic) bond motifs is 1. The monoisotopic (exact) mass is 1090 g/mol. The van der Waals surface area contributed by atoms with E-state index in [1.54, 1.807) is 61.6 Å². The molecular formula is C58H74Cl2N10O7. The van der Waals surface area contributed by atoms with Crippen LogP contribution in [0.5, 0.6) is 11.5 Å².